The number of hydrogen-bond donors (Lipinski definition) is 0. The molecule has 2 aromatic carbocycles. The van der Waals surface area contributed by atoms with Gasteiger partial charge in [0.2, 0.25) is 0 Å². The largest absolute Gasteiger partial charge is 0.494 e. The number of rotatable bonds is 5. The standard InChI is InChI=1S/C24H29NO2S/c1-17(2)10-9-11-19(4)22-16-28(26,20-12-7-6-8-13-20)25-24-21(22)14-18(3)15-23(24)27-5/h6-15,19,22H,16H2,1-5H3/b11-9+/t19-,22+,28+/m0/s1. The van der Waals surface area contributed by atoms with Crippen LogP contribution in [-0.2, 0) is 9.73 Å². The molecule has 1 heterocycles. The molecule has 0 radical (unpaired) electrons. The maximum atomic E-state index is 14.0. The Morgan fingerprint density at radius 1 is 1.25 bits per heavy atom. The first-order chi connectivity index (χ1) is 13.3. The normalized spacial score (nSPS) is 22.2. The summed E-state index contributed by atoms with van der Waals surface area (Å²) in [6.07, 6.45) is 6.41. The van der Waals surface area contributed by atoms with E-state index in [2.05, 4.69) is 52.0 Å². The van der Waals surface area contributed by atoms with Crippen molar-refractivity contribution < 1.29 is 8.95 Å². The molecule has 0 saturated heterocycles. The molecule has 3 rings (SSSR count). The Bertz CT molecular complexity index is 1020. The molecular formula is C24H29NO2S. The van der Waals surface area contributed by atoms with E-state index in [1.54, 1.807) is 7.11 Å². The summed E-state index contributed by atoms with van der Waals surface area (Å²) in [5, 5.41) is 0. The third-order valence-electron chi connectivity index (χ3n) is 5.10. The van der Waals surface area contributed by atoms with E-state index < -0.39 is 9.73 Å². The average Bonchev–Trinajstić information content (AvgIpc) is 2.67. The second-order valence-corrected chi connectivity index (χ2v) is 9.98. The summed E-state index contributed by atoms with van der Waals surface area (Å²) in [7, 11) is -0.918. The maximum absolute atomic E-state index is 14.0. The van der Waals surface area contributed by atoms with Crippen molar-refractivity contribution in [2.45, 2.75) is 38.5 Å². The molecule has 1 aliphatic heterocycles. The summed E-state index contributed by atoms with van der Waals surface area (Å²) in [6, 6.07) is 13.8. The third kappa shape index (κ3) is 4.22. The van der Waals surface area contributed by atoms with Crippen LogP contribution in [0.3, 0.4) is 0 Å². The van der Waals surface area contributed by atoms with Crippen LogP contribution in [-0.4, -0.2) is 17.1 Å². The highest BCUT2D eigenvalue weighted by Gasteiger charge is 2.32. The minimum absolute atomic E-state index is 0.107. The molecular weight excluding hydrogens is 366 g/mol. The van der Waals surface area contributed by atoms with Gasteiger partial charge in [0, 0.05) is 16.6 Å². The van der Waals surface area contributed by atoms with E-state index in [0.717, 1.165) is 21.7 Å². The van der Waals surface area contributed by atoms with Gasteiger partial charge in [0.15, 0.2) is 0 Å². The van der Waals surface area contributed by atoms with Gasteiger partial charge in [-0.15, -0.1) is 0 Å². The van der Waals surface area contributed by atoms with Crippen molar-refractivity contribution in [1.29, 1.82) is 0 Å². The highest BCUT2D eigenvalue weighted by atomic mass is 32.2. The van der Waals surface area contributed by atoms with E-state index in [-0.39, 0.29) is 11.8 Å². The van der Waals surface area contributed by atoms with E-state index in [0.29, 0.717) is 11.5 Å². The molecule has 1 aliphatic rings. The Balaban J connectivity index is 2.17. The number of methoxy groups -OCH3 is 1. The quantitative estimate of drug-likeness (QED) is 0.548. The number of fused-ring (bicyclic) bond motifs is 1. The molecule has 3 atom stereocenters. The summed E-state index contributed by atoms with van der Waals surface area (Å²) >= 11 is 0. The number of hydrogen-bond acceptors (Lipinski definition) is 3. The lowest BCUT2D eigenvalue weighted by atomic mass is 9.86. The molecule has 0 fully saturated rings. The van der Waals surface area contributed by atoms with Gasteiger partial charge in [-0.05, 0) is 56.0 Å². The molecule has 2 aromatic rings. The molecule has 0 unspecified atom stereocenters. The Morgan fingerprint density at radius 2 is 1.96 bits per heavy atom. The van der Waals surface area contributed by atoms with Crippen LogP contribution in [0.15, 0.2) is 75.5 Å². The Hall–Kier alpha value is -2.33. The molecule has 0 amide bonds. The van der Waals surface area contributed by atoms with Crippen molar-refractivity contribution in [3.63, 3.8) is 0 Å². The lowest BCUT2D eigenvalue weighted by Crippen LogP contribution is -2.23. The smallest absolute Gasteiger partial charge is 0.145 e. The Labute approximate surface area is 169 Å². The second-order valence-electron chi connectivity index (χ2n) is 7.71. The van der Waals surface area contributed by atoms with Gasteiger partial charge >= 0.3 is 0 Å². The van der Waals surface area contributed by atoms with Gasteiger partial charge in [0.25, 0.3) is 0 Å². The van der Waals surface area contributed by atoms with Gasteiger partial charge < -0.3 is 4.74 Å². The Kier molecular flexibility index (Phi) is 6.09. The SMILES string of the molecule is COc1cc(C)cc2c1N=[S@](=O)(c1ccccc1)C[C@@H]2[C@@H](C)/C=C/C=C(C)C. The molecule has 28 heavy (non-hydrogen) atoms. The van der Waals surface area contributed by atoms with E-state index >= 15 is 0 Å². The fraction of sp³-hybridized carbons (Fsp3) is 0.333. The van der Waals surface area contributed by atoms with Crippen LogP contribution in [0, 0.1) is 12.8 Å². The van der Waals surface area contributed by atoms with Crippen molar-refractivity contribution in [2.75, 3.05) is 12.9 Å². The number of allylic oxidation sites excluding steroid dienone is 4. The zero-order valence-electron chi connectivity index (χ0n) is 17.3. The van der Waals surface area contributed by atoms with E-state index in [4.69, 9.17) is 9.10 Å². The molecule has 148 valence electrons. The number of aryl methyl sites for hydroxylation is 1. The molecule has 0 saturated carbocycles. The van der Waals surface area contributed by atoms with Crippen LogP contribution in [0.4, 0.5) is 5.69 Å². The minimum atomic E-state index is -2.57. The zero-order valence-corrected chi connectivity index (χ0v) is 18.1. The van der Waals surface area contributed by atoms with Gasteiger partial charge in [-0.1, -0.05) is 55.0 Å². The van der Waals surface area contributed by atoms with Crippen molar-refractivity contribution in [3.8, 4) is 5.75 Å². The first-order valence-electron chi connectivity index (χ1n) is 9.64. The van der Waals surface area contributed by atoms with Crippen LogP contribution >= 0.6 is 0 Å². The van der Waals surface area contributed by atoms with Crippen molar-refractivity contribution in [2.24, 2.45) is 10.3 Å². The average molecular weight is 396 g/mol. The number of nitrogens with zero attached hydrogens (tertiary/aromatic N) is 1. The maximum Gasteiger partial charge on any atom is 0.145 e. The summed E-state index contributed by atoms with van der Waals surface area (Å²) < 4.78 is 24.3. The van der Waals surface area contributed by atoms with Crippen LogP contribution in [0.2, 0.25) is 0 Å². The van der Waals surface area contributed by atoms with Gasteiger partial charge in [0.1, 0.15) is 11.4 Å². The fourth-order valence-corrected chi connectivity index (χ4v) is 6.02. The van der Waals surface area contributed by atoms with Crippen LogP contribution < -0.4 is 4.74 Å². The third-order valence-corrected chi connectivity index (χ3v) is 7.40. The topological polar surface area (TPSA) is 38.7 Å². The van der Waals surface area contributed by atoms with Crippen molar-refractivity contribution in [1.82, 2.24) is 0 Å². The van der Waals surface area contributed by atoms with Gasteiger partial charge in [-0.2, -0.15) is 4.36 Å². The number of benzene rings is 2. The predicted molar refractivity (Wildman–Crippen MR) is 118 cm³/mol. The van der Waals surface area contributed by atoms with Crippen molar-refractivity contribution >= 4 is 15.4 Å². The highest BCUT2D eigenvalue weighted by Crippen LogP contribution is 2.46. The lowest BCUT2D eigenvalue weighted by molar-refractivity contribution is 0.414. The van der Waals surface area contributed by atoms with E-state index in [1.165, 1.54) is 5.57 Å². The monoisotopic (exact) mass is 395 g/mol. The molecule has 0 aliphatic carbocycles. The van der Waals surface area contributed by atoms with Crippen LogP contribution in [0.1, 0.15) is 37.8 Å². The first-order valence-corrected chi connectivity index (χ1v) is 11.3. The fourth-order valence-electron chi connectivity index (χ4n) is 3.60. The molecule has 4 heteroatoms. The molecule has 0 N–H and O–H groups in total. The molecule has 0 bridgehead atoms. The lowest BCUT2D eigenvalue weighted by Gasteiger charge is -2.30. The molecule has 0 spiro atoms. The second kappa shape index (κ2) is 8.36. The zero-order chi connectivity index (χ0) is 20.3. The van der Waals surface area contributed by atoms with Crippen LogP contribution in [0.25, 0.3) is 0 Å². The van der Waals surface area contributed by atoms with Crippen LogP contribution in [0.5, 0.6) is 5.75 Å². The minimum Gasteiger partial charge on any atom is -0.494 e. The van der Waals surface area contributed by atoms with Gasteiger partial charge in [0.05, 0.1) is 16.8 Å². The van der Waals surface area contributed by atoms with Crippen molar-refractivity contribution in [3.05, 3.63) is 77.4 Å². The van der Waals surface area contributed by atoms with Gasteiger partial charge in [-0.3, -0.25) is 0 Å². The first kappa shape index (κ1) is 20.4. The summed E-state index contributed by atoms with van der Waals surface area (Å²) in [5.74, 6) is 1.54. The highest BCUT2D eigenvalue weighted by molar-refractivity contribution is 7.93. The summed E-state index contributed by atoms with van der Waals surface area (Å²) in [5.41, 5.74) is 4.25. The van der Waals surface area contributed by atoms with E-state index in [1.807, 2.05) is 36.4 Å². The molecule has 3 nitrogen and oxygen atoms in total. The predicted octanol–water partition coefficient (Wildman–Crippen LogP) is 6.42. The van der Waals surface area contributed by atoms with E-state index in [9.17, 15) is 4.21 Å². The molecule has 0 aromatic heterocycles. The number of ether oxygens (including phenoxy) is 1. The van der Waals surface area contributed by atoms with Gasteiger partial charge in [-0.25, -0.2) is 4.21 Å². The summed E-state index contributed by atoms with van der Waals surface area (Å²) in [6.45, 7) is 8.42. The Morgan fingerprint density at radius 3 is 2.61 bits per heavy atom. The summed E-state index contributed by atoms with van der Waals surface area (Å²) in [4.78, 5) is 0.786.